The Kier molecular flexibility index (Phi) is 7.16. The number of carbonyl (C=O) groups is 2. The Morgan fingerprint density at radius 3 is 2.45 bits per heavy atom. The van der Waals surface area contributed by atoms with Crippen molar-refractivity contribution in [2.45, 2.75) is 38.1 Å². The summed E-state index contributed by atoms with van der Waals surface area (Å²) in [7, 11) is 0. The summed E-state index contributed by atoms with van der Waals surface area (Å²) in [5.41, 5.74) is 1.46. The third-order valence-corrected chi connectivity index (χ3v) is 6.96. The van der Waals surface area contributed by atoms with E-state index in [4.69, 9.17) is 27.9 Å². The number of hydrogen-bond acceptors (Lipinski definition) is 4. The van der Waals surface area contributed by atoms with Crippen LogP contribution in [0.2, 0.25) is 10.0 Å². The van der Waals surface area contributed by atoms with Crippen molar-refractivity contribution in [3.05, 3.63) is 63.6 Å². The Morgan fingerprint density at radius 2 is 1.68 bits per heavy atom. The minimum Gasteiger partial charge on any atom is -0.462 e. The average Bonchev–Trinajstić information content (AvgIpc) is 2.79. The molecule has 0 spiro atoms. The maximum atomic E-state index is 12.5. The smallest absolute Gasteiger partial charge is 0.338 e. The summed E-state index contributed by atoms with van der Waals surface area (Å²) in [5, 5.41) is 3.50. The van der Waals surface area contributed by atoms with E-state index in [1.807, 2.05) is 0 Å². The maximum absolute atomic E-state index is 12.5. The largest absolute Gasteiger partial charge is 0.462 e. The van der Waals surface area contributed by atoms with Crippen LogP contribution in [-0.2, 0) is 4.74 Å². The van der Waals surface area contributed by atoms with Gasteiger partial charge in [0.25, 0.3) is 5.91 Å². The Hall–Kier alpha value is -2.08. The minimum atomic E-state index is -0.324. The van der Waals surface area contributed by atoms with Crippen LogP contribution in [0, 0.1) is 5.92 Å². The topological polar surface area (TPSA) is 58.6 Å². The lowest BCUT2D eigenvalue weighted by Crippen LogP contribution is -2.49. The number of halogens is 2. The first-order chi connectivity index (χ1) is 15.0. The van der Waals surface area contributed by atoms with E-state index >= 15 is 0 Å². The summed E-state index contributed by atoms with van der Waals surface area (Å²) < 4.78 is 5.65. The first kappa shape index (κ1) is 22.1. The predicted octanol–water partition coefficient (Wildman–Crippen LogP) is 5.67. The molecule has 0 aliphatic carbocycles. The molecule has 1 amide bonds. The number of nitrogens with one attached hydrogen (secondary N) is 1. The van der Waals surface area contributed by atoms with Crippen molar-refractivity contribution >= 4 is 40.8 Å². The average molecular weight is 461 g/mol. The highest BCUT2D eigenvalue weighted by Gasteiger charge is 2.33. The van der Waals surface area contributed by atoms with Crippen molar-refractivity contribution in [3.63, 3.8) is 0 Å². The zero-order chi connectivity index (χ0) is 21.8. The van der Waals surface area contributed by atoms with E-state index in [9.17, 15) is 9.59 Å². The van der Waals surface area contributed by atoms with Crippen LogP contribution in [0.3, 0.4) is 0 Å². The van der Waals surface area contributed by atoms with Gasteiger partial charge in [0.2, 0.25) is 0 Å². The molecule has 2 fully saturated rings. The lowest BCUT2D eigenvalue weighted by molar-refractivity contribution is 0.00739. The molecule has 2 aliphatic rings. The molecule has 0 unspecified atom stereocenters. The number of esters is 1. The number of hydrogen-bond donors (Lipinski definition) is 1. The first-order valence-electron chi connectivity index (χ1n) is 10.8. The highest BCUT2D eigenvalue weighted by molar-refractivity contribution is 6.42. The fourth-order valence-electron chi connectivity index (χ4n) is 4.57. The molecular weight excluding hydrogens is 435 g/mol. The van der Waals surface area contributed by atoms with E-state index in [1.54, 1.807) is 36.4 Å². The molecule has 2 aliphatic heterocycles. The van der Waals surface area contributed by atoms with E-state index < -0.39 is 0 Å². The number of ether oxygens (including phenoxy) is 1. The molecule has 2 saturated heterocycles. The van der Waals surface area contributed by atoms with Gasteiger partial charge in [0.05, 0.1) is 22.2 Å². The van der Waals surface area contributed by atoms with Crippen molar-refractivity contribution in [2.75, 3.05) is 25.0 Å². The highest BCUT2D eigenvalue weighted by atomic mass is 35.5. The number of carbonyl (C=O) groups excluding carboxylic acids is 2. The second-order valence-corrected chi connectivity index (χ2v) is 9.07. The van der Waals surface area contributed by atoms with Gasteiger partial charge >= 0.3 is 5.97 Å². The van der Waals surface area contributed by atoms with E-state index in [0.29, 0.717) is 45.4 Å². The summed E-state index contributed by atoms with van der Waals surface area (Å²) >= 11 is 11.9. The van der Waals surface area contributed by atoms with E-state index in [-0.39, 0.29) is 11.9 Å². The highest BCUT2D eigenvalue weighted by Crippen LogP contribution is 2.31. The molecule has 164 valence electrons. The second kappa shape index (κ2) is 10.0. The molecular formula is C24H26Cl2N2O3. The van der Waals surface area contributed by atoms with E-state index in [0.717, 1.165) is 6.42 Å². The molecule has 1 N–H and O–H groups in total. The molecule has 2 atom stereocenters. The van der Waals surface area contributed by atoms with Gasteiger partial charge in [-0.3, -0.25) is 9.69 Å². The lowest BCUT2D eigenvalue weighted by atomic mass is 9.84. The molecule has 2 aromatic rings. The van der Waals surface area contributed by atoms with Gasteiger partial charge in [-0.05, 0) is 81.2 Å². The van der Waals surface area contributed by atoms with Crippen LogP contribution in [0.15, 0.2) is 42.5 Å². The number of fused-ring (bicyclic) bond motifs is 1. The minimum absolute atomic E-state index is 0.303. The fraction of sp³-hybridized carbons (Fsp3) is 0.417. The number of benzene rings is 2. The summed E-state index contributed by atoms with van der Waals surface area (Å²) in [6.45, 7) is 2.81. The molecule has 0 saturated carbocycles. The van der Waals surface area contributed by atoms with Gasteiger partial charge in [0.1, 0.15) is 0 Å². The Bertz CT molecular complexity index is 946. The molecule has 2 aromatic carbocycles. The molecule has 31 heavy (non-hydrogen) atoms. The van der Waals surface area contributed by atoms with Crippen molar-refractivity contribution in [3.8, 4) is 0 Å². The quantitative estimate of drug-likeness (QED) is 0.584. The zero-order valence-corrected chi connectivity index (χ0v) is 18.8. The number of rotatable bonds is 5. The molecule has 4 rings (SSSR count). The van der Waals surface area contributed by atoms with Gasteiger partial charge in [-0.1, -0.05) is 29.6 Å². The summed E-state index contributed by atoms with van der Waals surface area (Å²) in [4.78, 5) is 27.5. The molecule has 2 heterocycles. The van der Waals surface area contributed by atoms with Gasteiger partial charge in [0, 0.05) is 23.2 Å². The van der Waals surface area contributed by atoms with Crippen LogP contribution in [-0.4, -0.2) is 42.5 Å². The van der Waals surface area contributed by atoms with Crippen molar-refractivity contribution in [1.82, 2.24) is 4.90 Å². The molecule has 0 radical (unpaired) electrons. The third kappa shape index (κ3) is 5.40. The summed E-state index contributed by atoms with van der Waals surface area (Å²) in [5.74, 6) is -0.207. The van der Waals surface area contributed by atoms with Gasteiger partial charge in [-0.25, -0.2) is 4.79 Å². The number of amides is 1. The van der Waals surface area contributed by atoms with E-state index in [2.05, 4.69) is 10.2 Å². The van der Waals surface area contributed by atoms with Crippen LogP contribution in [0.5, 0.6) is 0 Å². The Morgan fingerprint density at radius 1 is 0.935 bits per heavy atom. The van der Waals surface area contributed by atoms with Gasteiger partial charge in [0.15, 0.2) is 0 Å². The SMILES string of the molecule is O=C(Nc1ccc(C(=O)OC[C@@H]2CCCN3CCCC[C@H]23)cc1)c1ccc(Cl)c(Cl)c1. The third-order valence-electron chi connectivity index (χ3n) is 6.22. The number of piperidine rings is 2. The summed E-state index contributed by atoms with van der Waals surface area (Å²) in [6.07, 6.45) is 6.04. The molecule has 0 aromatic heterocycles. The summed E-state index contributed by atoms with van der Waals surface area (Å²) in [6, 6.07) is 12.0. The monoisotopic (exact) mass is 460 g/mol. The molecule has 0 bridgehead atoms. The van der Waals surface area contributed by atoms with Gasteiger partial charge in [-0.15, -0.1) is 0 Å². The predicted molar refractivity (Wildman–Crippen MR) is 123 cm³/mol. The normalized spacial score (nSPS) is 21.2. The maximum Gasteiger partial charge on any atom is 0.338 e. The van der Waals surface area contributed by atoms with Gasteiger partial charge in [-0.2, -0.15) is 0 Å². The van der Waals surface area contributed by atoms with Gasteiger partial charge < -0.3 is 10.1 Å². The van der Waals surface area contributed by atoms with E-state index in [1.165, 1.54) is 44.8 Å². The molecule has 7 heteroatoms. The Labute approximate surface area is 192 Å². The van der Waals surface area contributed by atoms with Crippen molar-refractivity contribution in [1.29, 1.82) is 0 Å². The first-order valence-corrected chi connectivity index (χ1v) is 11.5. The standard InChI is InChI=1S/C24H26Cl2N2O3/c25-20-11-8-17(14-21(20)26)23(29)27-19-9-6-16(7-10-19)24(30)31-15-18-4-3-13-28-12-2-1-5-22(18)28/h6-11,14,18,22H,1-5,12-13,15H2,(H,27,29)/t18-,22+/m0/s1. The van der Waals surface area contributed by atoms with Crippen LogP contribution in [0.1, 0.15) is 52.8 Å². The fourth-order valence-corrected chi connectivity index (χ4v) is 4.87. The zero-order valence-electron chi connectivity index (χ0n) is 17.3. The number of nitrogens with zero attached hydrogens (tertiary/aromatic N) is 1. The molecule has 5 nitrogen and oxygen atoms in total. The second-order valence-electron chi connectivity index (χ2n) is 8.26. The van der Waals surface area contributed by atoms with Crippen LogP contribution in [0.25, 0.3) is 0 Å². The van der Waals surface area contributed by atoms with Crippen LogP contribution >= 0.6 is 23.2 Å². The lowest BCUT2D eigenvalue weighted by Gasteiger charge is -2.44. The van der Waals surface area contributed by atoms with Crippen molar-refractivity contribution < 1.29 is 14.3 Å². The van der Waals surface area contributed by atoms with Crippen LogP contribution in [0.4, 0.5) is 5.69 Å². The van der Waals surface area contributed by atoms with Crippen LogP contribution < -0.4 is 5.32 Å². The number of anilines is 1. The Balaban J connectivity index is 1.31. The van der Waals surface area contributed by atoms with Crippen molar-refractivity contribution in [2.24, 2.45) is 5.92 Å².